The van der Waals surface area contributed by atoms with Crippen molar-refractivity contribution >= 4 is 34.5 Å². The van der Waals surface area contributed by atoms with E-state index >= 15 is 0 Å². The molecule has 0 spiro atoms. The summed E-state index contributed by atoms with van der Waals surface area (Å²) in [6.07, 6.45) is 11.2. The number of anilines is 3. The predicted octanol–water partition coefficient (Wildman–Crippen LogP) is 3.17. The number of carbonyl (C=O) groups is 1. The summed E-state index contributed by atoms with van der Waals surface area (Å²) in [6, 6.07) is 12.1. The Morgan fingerprint density at radius 3 is 2.59 bits per heavy atom. The van der Waals surface area contributed by atoms with Crippen molar-refractivity contribution in [2.45, 2.75) is 18.9 Å². The quantitative estimate of drug-likeness (QED) is 0.316. The zero-order chi connectivity index (χ0) is 23.1. The van der Waals surface area contributed by atoms with Crippen LogP contribution < -0.4 is 16.4 Å². The maximum Gasteiger partial charge on any atom is 0.231 e. The number of amides is 1. The first-order chi connectivity index (χ1) is 16.6. The van der Waals surface area contributed by atoms with Gasteiger partial charge in [-0.1, -0.05) is 24.3 Å². The van der Waals surface area contributed by atoms with Gasteiger partial charge in [0.2, 0.25) is 11.9 Å². The first-order valence-corrected chi connectivity index (χ1v) is 11.3. The van der Waals surface area contributed by atoms with Crippen LogP contribution in [0.4, 0.5) is 17.5 Å². The Kier molecular flexibility index (Phi) is 4.94. The summed E-state index contributed by atoms with van der Waals surface area (Å²) in [7, 11) is 0. The molecule has 0 aliphatic heterocycles. The van der Waals surface area contributed by atoms with Gasteiger partial charge in [0, 0.05) is 24.1 Å². The summed E-state index contributed by atoms with van der Waals surface area (Å²) in [5, 5.41) is 6.75. The second-order valence-electron chi connectivity index (χ2n) is 8.90. The molecule has 170 valence electrons. The molecule has 4 atom stereocenters. The number of imidazole rings is 1. The van der Waals surface area contributed by atoms with Gasteiger partial charge in [-0.3, -0.25) is 9.78 Å². The average molecular weight is 453 g/mol. The van der Waals surface area contributed by atoms with Crippen molar-refractivity contribution in [3.05, 3.63) is 78.4 Å². The molecule has 0 radical (unpaired) electrons. The van der Waals surface area contributed by atoms with Gasteiger partial charge in [0.1, 0.15) is 5.52 Å². The van der Waals surface area contributed by atoms with Gasteiger partial charge in [-0.2, -0.15) is 9.97 Å². The Hall–Kier alpha value is -4.27. The maximum absolute atomic E-state index is 12.1. The molecule has 2 bridgehead atoms. The average Bonchev–Trinajstić information content (AvgIpc) is 3.57. The Morgan fingerprint density at radius 2 is 1.79 bits per heavy atom. The molecule has 2 aliphatic rings. The van der Waals surface area contributed by atoms with Crippen molar-refractivity contribution in [2.24, 2.45) is 23.5 Å². The number of hydrogen-bond donors (Lipinski definition) is 4. The normalized spacial score (nSPS) is 22.8. The number of allylic oxidation sites excluding steroid dienone is 1. The number of hydrogen-bond acceptors (Lipinski definition) is 7. The Balaban J connectivity index is 1.24. The molecule has 3 heterocycles. The lowest BCUT2D eigenvalue weighted by Gasteiger charge is -2.27. The lowest BCUT2D eigenvalue weighted by Crippen LogP contribution is -2.41. The molecule has 4 aromatic rings. The van der Waals surface area contributed by atoms with Crippen molar-refractivity contribution in [2.75, 3.05) is 10.6 Å². The highest BCUT2D eigenvalue weighted by atomic mass is 16.1. The fourth-order valence-corrected chi connectivity index (χ4v) is 5.13. The number of aromatic nitrogens is 5. The third-order valence-electron chi connectivity index (χ3n) is 6.74. The van der Waals surface area contributed by atoms with Crippen LogP contribution >= 0.6 is 0 Å². The molecule has 34 heavy (non-hydrogen) atoms. The molecular weight excluding hydrogens is 428 g/mol. The van der Waals surface area contributed by atoms with Gasteiger partial charge < -0.3 is 21.4 Å². The van der Waals surface area contributed by atoms with Gasteiger partial charge in [-0.05, 0) is 60.1 Å². The number of pyridine rings is 1. The number of fused-ring (bicyclic) bond motifs is 3. The standard InChI is InChI=1S/C25H24N8O/c26-22(34)19-16-3-4-17(12-16)20(19)31-24-21-23(29-13-28-21)32-25(33-24)30-18-5-1-14(2-6-18)11-15-7-9-27-10-8-15/h1-10,13,16-17,19-20H,11-12H2,(H2,26,34)(H3,28,29,30,31,32,33)/t16-,17+,19-,20+/m0/s1. The molecule has 1 saturated carbocycles. The number of nitrogens with one attached hydrogen (secondary N) is 3. The van der Waals surface area contributed by atoms with Crippen molar-refractivity contribution < 1.29 is 4.79 Å². The molecule has 0 unspecified atom stereocenters. The van der Waals surface area contributed by atoms with Crippen LogP contribution in [0.2, 0.25) is 0 Å². The van der Waals surface area contributed by atoms with E-state index in [0.717, 1.165) is 18.5 Å². The van der Waals surface area contributed by atoms with Gasteiger partial charge >= 0.3 is 0 Å². The molecule has 1 aromatic carbocycles. The predicted molar refractivity (Wildman–Crippen MR) is 129 cm³/mol. The lowest BCUT2D eigenvalue weighted by atomic mass is 9.88. The summed E-state index contributed by atoms with van der Waals surface area (Å²) >= 11 is 0. The van der Waals surface area contributed by atoms with E-state index in [9.17, 15) is 4.79 Å². The number of H-pyrrole nitrogens is 1. The highest BCUT2D eigenvalue weighted by Gasteiger charge is 2.47. The van der Waals surface area contributed by atoms with Crippen LogP contribution in [0.25, 0.3) is 11.2 Å². The van der Waals surface area contributed by atoms with Gasteiger partial charge in [-0.15, -0.1) is 0 Å². The SMILES string of the molecule is NC(=O)[C@@H]1[C@H](Nc2nc(Nc3ccc(Cc4ccncc4)cc3)nc3nc[nH]c23)[C@@H]2C=C[C@H]1C2. The molecule has 2 aliphatic carbocycles. The number of rotatable bonds is 7. The van der Waals surface area contributed by atoms with Crippen LogP contribution in [0.5, 0.6) is 0 Å². The molecule has 9 heteroatoms. The van der Waals surface area contributed by atoms with Crippen LogP contribution in [0.1, 0.15) is 17.5 Å². The van der Waals surface area contributed by atoms with Crippen LogP contribution in [0, 0.1) is 17.8 Å². The molecule has 9 nitrogen and oxygen atoms in total. The van der Waals surface area contributed by atoms with E-state index in [0.29, 0.717) is 22.9 Å². The molecular formula is C25H24N8O. The van der Waals surface area contributed by atoms with E-state index in [1.807, 2.05) is 24.3 Å². The van der Waals surface area contributed by atoms with E-state index in [1.54, 1.807) is 18.7 Å². The minimum Gasteiger partial charge on any atom is -0.369 e. The number of carbonyl (C=O) groups excluding carboxylic acids is 1. The maximum atomic E-state index is 12.1. The smallest absolute Gasteiger partial charge is 0.231 e. The lowest BCUT2D eigenvalue weighted by molar-refractivity contribution is -0.122. The van der Waals surface area contributed by atoms with Crippen molar-refractivity contribution in [1.29, 1.82) is 0 Å². The minimum atomic E-state index is -0.283. The summed E-state index contributed by atoms with van der Waals surface area (Å²) in [5.41, 5.74) is 10.3. The van der Waals surface area contributed by atoms with Crippen LogP contribution in [0.3, 0.4) is 0 Å². The number of nitrogens with zero attached hydrogens (tertiary/aromatic N) is 4. The zero-order valence-electron chi connectivity index (χ0n) is 18.3. The molecule has 6 rings (SSSR count). The molecule has 1 amide bonds. The van der Waals surface area contributed by atoms with E-state index in [-0.39, 0.29) is 29.7 Å². The monoisotopic (exact) mass is 452 g/mol. The summed E-state index contributed by atoms with van der Waals surface area (Å²) < 4.78 is 0. The Labute approximate surface area is 195 Å². The molecule has 3 aromatic heterocycles. The van der Waals surface area contributed by atoms with Gasteiger partial charge in [0.15, 0.2) is 11.5 Å². The number of primary amides is 1. The molecule has 5 N–H and O–H groups in total. The topological polar surface area (TPSA) is 134 Å². The van der Waals surface area contributed by atoms with Gasteiger partial charge in [0.25, 0.3) is 0 Å². The van der Waals surface area contributed by atoms with Crippen molar-refractivity contribution in [1.82, 2.24) is 24.9 Å². The number of aromatic amines is 1. The van der Waals surface area contributed by atoms with Crippen LogP contribution in [-0.4, -0.2) is 36.9 Å². The van der Waals surface area contributed by atoms with Crippen LogP contribution in [-0.2, 0) is 11.2 Å². The Bertz CT molecular complexity index is 1360. The second-order valence-corrected chi connectivity index (χ2v) is 8.90. The van der Waals surface area contributed by atoms with Crippen LogP contribution in [0.15, 0.2) is 67.3 Å². The molecule has 0 saturated heterocycles. The fraction of sp³-hybridized carbons (Fsp3) is 0.240. The highest BCUT2D eigenvalue weighted by molar-refractivity contribution is 5.85. The third-order valence-corrected chi connectivity index (χ3v) is 6.74. The number of benzene rings is 1. The van der Waals surface area contributed by atoms with Crippen molar-refractivity contribution in [3.8, 4) is 0 Å². The second kappa shape index (κ2) is 8.26. The zero-order valence-corrected chi connectivity index (χ0v) is 18.3. The van der Waals surface area contributed by atoms with E-state index < -0.39 is 0 Å². The van der Waals surface area contributed by atoms with E-state index in [1.165, 1.54) is 11.1 Å². The minimum absolute atomic E-state index is 0.103. The first-order valence-electron chi connectivity index (χ1n) is 11.3. The Morgan fingerprint density at radius 1 is 1.03 bits per heavy atom. The van der Waals surface area contributed by atoms with E-state index in [2.05, 4.69) is 54.9 Å². The van der Waals surface area contributed by atoms with E-state index in [4.69, 9.17) is 10.7 Å². The third kappa shape index (κ3) is 3.75. The van der Waals surface area contributed by atoms with Crippen molar-refractivity contribution in [3.63, 3.8) is 0 Å². The highest BCUT2D eigenvalue weighted by Crippen LogP contribution is 2.45. The fourth-order valence-electron chi connectivity index (χ4n) is 5.13. The largest absolute Gasteiger partial charge is 0.369 e. The summed E-state index contributed by atoms with van der Waals surface area (Å²) in [5.74, 6) is 0.929. The van der Waals surface area contributed by atoms with Gasteiger partial charge in [-0.25, -0.2) is 4.98 Å². The summed E-state index contributed by atoms with van der Waals surface area (Å²) in [6.45, 7) is 0. The number of nitrogens with two attached hydrogens (primary N) is 1. The summed E-state index contributed by atoms with van der Waals surface area (Å²) in [4.78, 5) is 32.9. The molecule has 1 fully saturated rings. The van der Waals surface area contributed by atoms with Gasteiger partial charge in [0.05, 0.1) is 12.2 Å². The first kappa shape index (κ1) is 20.3.